The Labute approximate surface area is 119 Å². The van der Waals surface area contributed by atoms with E-state index in [9.17, 15) is 4.79 Å². The molecule has 0 saturated heterocycles. The minimum Gasteiger partial charge on any atom is -0.366 e. The standard InChI is InChI=1S/C14H14BrFN2O/c1-8-10(5-2-6-11(8)15)14(16)7-3-4-9(12(14)17)13(18)19/h2-7,12H,17H2,1H3,(H2,18,19). The first-order valence-corrected chi connectivity index (χ1v) is 6.56. The van der Waals surface area contributed by atoms with Crippen LogP contribution in [0.1, 0.15) is 11.1 Å². The molecule has 19 heavy (non-hydrogen) atoms. The van der Waals surface area contributed by atoms with Crippen molar-refractivity contribution in [1.82, 2.24) is 0 Å². The van der Waals surface area contributed by atoms with Crippen LogP contribution in [0, 0.1) is 6.92 Å². The smallest absolute Gasteiger partial charge is 0.246 e. The predicted molar refractivity (Wildman–Crippen MR) is 76.1 cm³/mol. The fourth-order valence-electron chi connectivity index (χ4n) is 2.24. The zero-order valence-corrected chi connectivity index (χ0v) is 11.9. The molecule has 1 aliphatic carbocycles. The van der Waals surface area contributed by atoms with Gasteiger partial charge in [-0.2, -0.15) is 0 Å². The number of hydrogen-bond donors (Lipinski definition) is 2. The molecule has 2 atom stereocenters. The summed E-state index contributed by atoms with van der Waals surface area (Å²) in [5, 5.41) is 0. The molecule has 2 rings (SSSR count). The van der Waals surface area contributed by atoms with Gasteiger partial charge in [0.25, 0.3) is 0 Å². The second kappa shape index (κ2) is 4.90. The molecule has 0 saturated carbocycles. The van der Waals surface area contributed by atoms with E-state index in [0.29, 0.717) is 5.56 Å². The molecular weight excluding hydrogens is 311 g/mol. The lowest BCUT2D eigenvalue weighted by Crippen LogP contribution is -2.47. The summed E-state index contributed by atoms with van der Waals surface area (Å²) in [6.45, 7) is 1.80. The predicted octanol–water partition coefficient (Wildman–Crippen LogP) is 2.23. The van der Waals surface area contributed by atoms with Crippen LogP contribution in [0.2, 0.25) is 0 Å². The van der Waals surface area contributed by atoms with Crippen molar-refractivity contribution in [2.75, 3.05) is 0 Å². The Morgan fingerprint density at radius 1 is 1.47 bits per heavy atom. The number of rotatable bonds is 2. The van der Waals surface area contributed by atoms with Crippen LogP contribution in [0.5, 0.6) is 0 Å². The van der Waals surface area contributed by atoms with Gasteiger partial charge in [0.2, 0.25) is 5.91 Å². The Kier molecular flexibility index (Phi) is 3.60. The van der Waals surface area contributed by atoms with Gasteiger partial charge in [0.05, 0.1) is 6.04 Å². The zero-order valence-electron chi connectivity index (χ0n) is 10.4. The second-order valence-corrected chi connectivity index (χ2v) is 5.36. The molecule has 5 heteroatoms. The van der Waals surface area contributed by atoms with E-state index in [1.54, 1.807) is 19.1 Å². The van der Waals surface area contributed by atoms with Crippen molar-refractivity contribution in [3.05, 3.63) is 57.6 Å². The van der Waals surface area contributed by atoms with Gasteiger partial charge in [-0.3, -0.25) is 4.79 Å². The Balaban J connectivity index is 2.55. The average Bonchev–Trinajstić information content (AvgIpc) is 2.35. The van der Waals surface area contributed by atoms with E-state index in [2.05, 4.69) is 15.9 Å². The second-order valence-electron chi connectivity index (χ2n) is 4.50. The van der Waals surface area contributed by atoms with Crippen LogP contribution in [-0.2, 0) is 10.5 Å². The Morgan fingerprint density at radius 2 is 2.16 bits per heavy atom. The number of primary amides is 1. The van der Waals surface area contributed by atoms with Gasteiger partial charge >= 0.3 is 0 Å². The highest BCUT2D eigenvalue weighted by molar-refractivity contribution is 9.10. The largest absolute Gasteiger partial charge is 0.366 e. The molecule has 1 aromatic rings. The van der Waals surface area contributed by atoms with Crippen LogP contribution in [0.25, 0.3) is 0 Å². The van der Waals surface area contributed by atoms with Crippen molar-refractivity contribution < 1.29 is 9.18 Å². The van der Waals surface area contributed by atoms with Crippen molar-refractivity contribution in [3.8, 4) is 0 Å². The summed E-state index contributed by atoms with van der Waals surface area (Å²) in [7, 11) is 0. The molecule has 1 amide bonds. The lowest BCUT2D eigenvalue weighted by Gasteiger charge is -2.33. The fourth-order valence-corrected chi connectivity index (χ4v) is 2.61. The first-order chi connectivity index (χ1) is 8.88. The van der Waals surface area contributed by atoms with Crippen molar-refractivity contribution in [2.45, 2.75) is 18.6 Å². The first-order valence-electron chi connectivity index (χ1n) is 5.77. The van der Waals surface area contributed by atoms with Crippen LogP contribution in [0.4, 0.5) is 4.39 Å². The third kappa shape index (κ3) is 2.24. The Bertz CT molecular complexity index is 597. The zero-order chi connectivity index (χ0) is 14.2. The van der Waals surface area contributed by atoms with E-state index < -0.39 is 17.6 Å². The third-order valence-electron chi connectivity index (χ3n) is 3.37. The number of nitrogens with two attached hydrogens (primary N) is 2. The molecule has 0 aromatic heterocycles. The van der Waals surface area contributed by atoms with Gasteiger partial charge < -0.3 is 11.5 Å². The lowest BCUT2D eigenvalue weighted by molar-refractivity contribution is -0.115. The number of alkyl halides is 1. The van der Waals surface area contributed by atoms with E-state index in [-0.39, 0.29) is 5.57 Å². The van der Waals surface area contributed by atoms with Crippen molar-refractivity contribution >= 4 is 21.8 Å². The van der Waals surface area contributed by atoms with Gasteiger partial charge in [0, 0.05) is 10.0 Å². The number of allylic oxidation sites excluding steroid dienone is 2. The molecule has 0 aliphatic heterocycles. The summed E-state index contributed by atoms with van der Waals surface area (Å²) in [6.07, 6.45) is 4.29. The SMILES string of the molecule is Cc1c(Br)cccc1C1(F)C=CC=C(C(N)=O)C1N. The van der Waals surface area contributed by atoms with Crippen molar-refractivity contribution in [1.29, 1.82) is 0 Å². The molecule has 3 nitrogen and oxygen atoms in total. The maximum Gasteiger partial charge on any atom is 0.246 e. The molecule has 2 unspecified atom stereocenters. The monoisotopic (exact) mass is 324 g/mol. The van der Waals surface area contributed by atoms with Gasteiger partial charge in [0.1, 0.15) is 0 Å². The minimum atomic E-state index is -1.94. The number of amides is 1. The van der Waals surface area contributed by atoms with Crippen LogP contribution in [0.15, 0.2) is 46.5 Å². The highest BCUT2D eigenvalue weighted by atomic mass is 79.9. The first kappa shape index (κ1) is 14.0. The molecule has 100 valence electrons. The highest BCUT2D eigenvalue weighted by Crippen LogP contribution is 2.39. The maximum absolute atomic E-state index is 15.3. The maximum atomic E-state index is 15.3. The third-order valence-corrected chi connectivity index (χ3v) is 4.23. The summed E-state index contributed by atoms with van der Waals surface area (Å²) in [5.74, 6) is -0.702. The molecule has 0 heterocycles. The van der Waals surface area contributed by atoms with Crippen LogP contribution < -0.4 is 11.5 Å². The van der Waals surface area contributed by atoms with E-state index in [1.807, 2.05) is 6.07 Å². The quantitative estimate of drug-likeness (QED) is 0.875. The molecule has 0 spiro atoms. The number of carbonyl (C=O) groups is 1. The van der Waals surface area contributed by atoms with Crippen molar-refractivity contribution in [3.63, 3.8) is 0 Å². The highest BCUT2D eigenvalue weighted by Gasteiger charge is 2.42. The number of carbonyl (C=O) groups excluding carboxylic acids is 1. The summed E-state index contributed by atoms with van der Waals surface area (Å²) in [6, 6.07) is 4.11. The molecular formula is C14H14BrFN2O. The summed E-state index contributed by atoms with van der Waals surface area (Å²) >= 11 is 3.36. The van der Waals surface area contributed by atoms with E-state index in [4.69, 9.17) is 11.5 Å². The molecule has 1 aromatic carbocycles. The van der Waals surface area contributed by atoms with Crippen LogP contribution in [-0.4, -0.2) is 11.9 Å². The summed E-state index contributed by atoms with van der Waals surface area (Å²) in [4.78, 5) is 11.3. The van der Waals surface area contributed by atoms with Gasteiger partial charge in [-0.25, -0.2) is 4.39 Å². The van der Waals surface area contributed by atoms with Gasteiger partial charge in [-0.1, -0.05) is 40.2 Å². The average molecular weight is 325 g/mol. The fraction of sp³-hybridized carbons (Fsp3) is 0.214. The molecule has 1 aliphatic rings. The number of hydrogen-bond acceptors (Lipinski definition) is 2. The van der Waals surface area contributed by atoms with Gasteiger partial charge in [-0.15, -0.1) is 0 Å². The van der Waals surface area contributed by atoms with Crippen LogP contribution >= 0.6 is 15.9 Å². The van der Waals surface area contributed by atoms with E-state index in [0.717, 1.165) is 10.0 Å². The van der Waals surface area contributed by atoms with Gasteiger partial charge in [-0.05, 0) is 30.2 Å². The normalized spacial score (nSPS) is 26.1. The minimum absolute atomic E-state index is 0.0874. The van der Waals surface area contributed by atoms with Crippen molar-refractivity contribution in [2.24, 2.45) is 11.5 Å². The Morgan fingerprint density at radius 3 is 2.79 bits per heavy atom. The summed E-state index contributed by atoms with van der Waals surface area (Å²) in [5.41, 5.74) is 10.5. The summed E-state index contributed by atoms with van der Waals surface area (Å²) < 4.78 is 16.1. The lowest BCUT2D eigenvalue weighted by atomic mass is 9.79. The Hall–Kier alpha value is -1.46. The molecule has 4 N–H and O–H groups in total. The molecule has 0 radical (unpaired) electrons. The van der Waals surface area contributed by atoms with Crippen LogP contribution in [0.3, 0.4) is 0 Å². The van der Waals surface area contributed by atoms with E-state index in [1.165, 1.54) is 18.2 Å². The van der Waals surface area contributed by atoms with Gasteiger partial charge in [0.15, 0.2) is 5.67 Å². The number of halogens is 2. The topological polar surface area (TPSA) is 69.1 Å². The number of benzene rings is 1. The molecule has 0 fully saturated rings. The van der Waals surface area contributed by atoms with E-state index >= 15 is 4.39 Å². The molecule has 0 bridgehead atoms.